The van der Waals surface area contributed by atoms with E-state index in [1.807, 2.05) is 0 Å². The molecule has 0 aliphatic carbocycles. The summed E-state index contributed by atoms with van der Waals surface area (Å²) in [5.41, 5.74) is -0.237. The molecule has 3 amide bonds. The summed E-state index contributed by atoms with van der Waals surface area (Å²) in [6.45, 7) is 6.29. The van der Waals surface area contributed by atoms with Crippen molar-refractivity contribution in [1.29, 1.82) is 0 Å². The smallest absolute Gasteiger partial charge is 0.408 e. The molecule has 0 saturated carbocycles. The highest BCUT2D eigenvalue weighted by atomic mass is 16.6. The number of rotatable bonds is 12. The number of nitrogens with one attached hydrogen (secondary N) is 2. The van der Waals surface area contributed by atoms with Crippen LogP contribution in [0.25, 0.3) is 0 Å². The number of ether oxygens (including phenoxy) is 1. The van der Waals surface area contributed by atoms with Gasteiger partial charge in [0.1, 0.15) is 17.7 Å². The summed E-state index contributed by atoms with van der Waals surface area (Å²) in [7, 11) is 0. The second kappa shape index (κ2) is 13.7. The number of hydrogen-bond acceptors (Lipinski definition) is 6. The quantitative estimate of drug-likeness (QED) is 0.359. The fourth-order valence-electron chi connectivity index (χ4n) is 3.10. The van der Waals surface area contributed by atoms with E-state index in [1.54, 1.807) is 51.1 Å². The molecule has 32 heavy (non-hydrogen) atoms. The standard InChI is InChI=1S/C23H37N3O6/c1-5-6-10-13-24-20(29)19(17-11-8-7-9-12-17)26(14-15-27)21(30)18(16-28)25-22(31)32-23(2,3)4/h7-9,11-12,18-19,27-28H,5-6,10,13-16H2,1-4H3,(H,24,29)(H,25,31). The van der Waals surface area contributed by atoms with Gasteiger partial charge in [0.2, 0.25) is 11.8 Å². The summed E-state index contributed by atoms with van der Waals surface area (Å²) < 4.78 is 5.17. The Hall–Kier alpha value is -2.65. The van der Waals surface area contributed by atoms with Crippen molar-refractivity contribution in [2.75, 3.05) is 26.3 Å². The third-order valence-electron chi connectivity index (χ3n) is 4.55. The molecule has 2 unspecified atom stereocenters. The maximum atomic E-state index is 13.3. The number of aliphatic hydroxyl groups excluding tert-OH is 2. The minimum atomic E-state index is -1.34. The Kier molecular flexibility index (Phi) is 11.7. The largest absolute Gasteiger partial charge is 0.444 e. The van der Waals surface area contributed by atoms with Crippen LogP contribution in [0.3, 0.4) is 0 Å². The Bertz CT molecular complexity index is 720. The number of benzene rings is 1. The summed E-state index contributed by atoms with van der Waals surface area (Å²) >= 11 is 0. The molecule has 0 saturated heterocycles. The molecule has 0 fully saturated rings. The van der Waals surface area contributed by atoms with E-state index in [2.05, 4.69) is 17.6 Å². The number of alkyl carbamates (subject to hydrolysis) is 1. The fraction of sp³-hybridized carbons (Fsp3) is 0.609. The van der Waals surface area contributed by atoms with Crippen LogP contribution in [-0.2, 0) is 14.3 Å². The molecule has 0 spiro atoms. The third kappa shape index (κ3) is 9.23. The molecule has 1 aromatic rings. The van der Waals surface area contributed by atoms with Crippen LogP contribution in [0.2, 0.25) is 0 Å². The average molecular weight is 452 g/mol. The zero-order chi connectivity index (χ0) is 24.1. The Morgan fingerprint density at radius 1 is 1.09 bits per heavy atom. The monoisotopic (exact) mass is 451 g/mol. The first-order chi connectivity index (χ1) is 15.1. The predicted molar refractivity (Wildman–Crippen MR) is 121 cm³/mol. The zero-order valence-corrected chi connectivity index (χ0v) is 19.5. The Balaban J connectivity index is 3.15. The van der Waals surface area contributed by atoms with Crippen LogP contribution < -0.4 is 10.6 Å². The molecule has 0 aliphatic heterocycles. The summed E-state index contributed by atoms with van der Waals surface area (Å²) in [6.07, 6.45) is 1.90. The first kappa shape index (κ1) is 27.4. The van der Waals surface area contributed by atoms with E-state index in [9.17, 15) is 24.6 Å². The second-order valence-corrected chi connectivity index (χ2v) is 8.45. The van der Waals surface area contributed by atoms with Gasteiger partial charge in [-0.2, -0.15) is 0 Å². The highest BCUT2D eigenvalue weighted by molar-refractivity contribution is 5.92. The molecule has 1 aromatic carbocycles. The lowest BCUT2D eigenvalue weighted by Gasteiger charge is -2.33. The number of hydrogen-bond donors (Lipinski definition) is 4. The molecule has 4 N–H and O–H groups in total. The number of nitrogens with zero attached hydrogens (tertiary/aromatic N) is 1. The van der Waals surface area contributed by atoms with Crippen LogP contribution in [0.1, 0.15) is 58.6 Å². The number of carbonyl (C=O) groups excluding carboxylic acids is 3. The van der Waals surface area contributed by atoms with Gasteiger partial charge in [0.05, 0.1) is 13.2 Å². The zero-order valence-electron chi connectivity index (χ0n) is 19.5. The molecular formula is C23H37N3O6. The van der Waals surface area contributed by atoms with Crippen LogP contribution in [0.15, 0.2) is 30.3 Å². The van der Waals surface area contributed by atoms with Crippen LogP contribution in [0.4, 0.5) is 4.79 Å². The van der Waals surface area contributed by atoms with Gasteiger partial charge >= 0.3 is 6.09 Å². The van der Waals surface area contributed by atoms with Crippen molar-refractivity contribution in [3.8, 4) is 0 Å². The van der Waals surface area contributed by atoms with E-state index >= 15 is 0 Å². The average Bonchev–Trinajstić information content (AvgIpc) is 2.73. The van der Waals surface area contributed by atoms with Crippen LogP contribution in [0.5, 0.6) is 0 Å². The van der Waals surface area contributed by atoms with Gasteiger partial charge in [0.25, 0.3) is 0 Å². The predicted octanol–water partition coefficient (Wildman–Crippen LogP) is 1.74. The number of unbranched alkanes of at least 4 members (excludes halogenated alkanes) is 2. The van der Waals surface area contributed by atoms with Gasteiger partial charge in [-0.25, -0.2) is 4.79 Å². The molecule has 2 atom stereocenters. The molecule has 1 rings (SSSR count). The Morgan fingerprint density at radius 3 is 2.28 bits per heavy atom. The second-order valence-electron chi connectivity index (χ2n) is 8.45. The van der Waals surface area contributed by atoms with Gasteiger partial charge in [0, 0.05) is 13.1 Å². The maximum Gasteiger partial charge on any atom is 0.408 e. The van der Waals surface area contributed by atoms with Crippen molar-refractivity contribution < 1.29 is 29.3 Å². The van der Waals surface area contributed by atoms with Gasteiger partial charge in [-0.3, -0.25) is 9.59 Å². The molecule has 0 heterocycles. The summed E-state index contributed by atoms with van der Waals surface area (Å²) in [4.78, 5) is 39.7. The van der Waals surface area contributed by atoms with Gasteiger partial charge < -0.3 is 30.5 Å². The summed E-state index contributed by atoms with van der Waals surface area (Å²) in [5, 5.41) is 24.6. The van der Waals surface area contributed by atoms with Crippen molar-refractivity contribution in [3.63, 3.8) is 0 Å². The first-order valence-corrected chi connectivity index (χ1v) is 11.0. The lowest BCUT2D eigenvalue weighted by atomic mass is 10.0. The molecule has 0 bridgehead atoms. The molecule has 0 aliphatic rings. The topological polar surface area (TPSA) is 128 Å². The SMILES string of the molecule is CCCCCNC(=O)C(c1ccccc1)N(CCO)C(=O)C(CO)NC(=O)OC(C)(C)C. The van der Waals surface area contributed by atoms with Crippen molar-refractivity contribution in [2.24, 2.45) is 0 Å². The van der Waals surface area contributed by atoms with E-state index in [0.717, 1.165) is 19.3 Å². The first-order valence-electron chi connectivity index (χ1n) is 11.0. The van der Waals surface area contributed by atoms with Gasteiger partial charge in [-0.1, -0.05) is 50.1 Å². The fourth-order valence-corrected chi connectivity index (χ4v) is 3.10. The highest BCUT2D eigenvalue weighted by Crippen LogP contribution is 2.22. The van der Waals surface area contributed by atoms with E-state index < -0.39 is 48.8 Å². The molecule has 180 valence electrons. The molecule has 9 heteroatoms. The number of carbonyl (C=O) groups is 3. The van der Waals surface area contributed by atoms with Gasteiger partial charge in [-0.15, -0.1) is 0 Å². The van der Waals surface area contributed by atoms with E-state index in [1.165, 1.54) is 4.90 Å². The third-order valence-corrected chi connectivity index (χ3v) is 4.55. The van der Waals surface area contributed by atoms with Gasteiger partial charge in [-0.05, 0) is 32.8 Å². The lowest BCUT2D eigenvalue weighted by molar-refractivity contribution is -0.143. The molecule has 0 radical (unpaired) electrons. The minimum absolute atomic E-state index is 0.159. The highest BCUT2D eigenvalue weighted by Gasteiger charge is 2.35. The van der Waals surface area contributed by atoms with Crippen LogP contribution in [-0.4, -0.2) is 71.0 Å². The van der Waals surface area contributed by atoms with Crippen molar-refractivity contribution in [1.82, 2.24) is 15.5 Å². The number of amides is 3. The number of aliphatic hydroxyl groups is 2. The Morgan fingerprint density at radius 2 is 1.75 bits per heavy atom. The van der Waals surface area contributed by atoms with Crippen molar-refractivity contribution in [3.05, 3.63) is 35.9 Å². The molecular weight excluding hydrogens is 414 g/mol. The van der Waals surface area contributed by atoms with E-state index in [-0.39, 0.29) is 6.54 Å². The van der Waals surface area contributed by atoms with Gasteiger partial charge in [0.15, 0.2) is 0 Å². The Labute approximate surface area is 190 Å². The van der Waals surface area contributed by atoms with E-state index in [0.29, 0.717) is 12.1 Å². The van der Waals surface area contributed by atoms with Crippen LogP contribution >= 0.6 is 0 Å². The van der Waals surface area contributed by atoms with Crippen molar-refractivity contribution in [2.45, 2.75) is 64.6 Å². The summed E-state index contributed by atoms with van der Waals surface area (Å²) in [5.74, 6) is -1.10. The van der Waals surface area contributed by atoms with Crippen LogP contribution in [0, 0.1) is 0 Å². The summed E-state index contributed by atoms with van der Waals surface area (Å²) in [6, 6.07) is 6.33. The lowest BCUT2D eigenvalue weighted by Crippen LogP contribution is -2.55. The molecule has 0 aromatic heterocycles. The van der Waals surface area contributed by atoms with Crippen molar-refractivity contribution >= 4 is 17.9 Å². The minimum Gasteiger partial charge on any atom is -0.444 e. The normalized spacial score (nSPS) is 13.1. The molecule has 9 nitrogen and oxygen atoms in total. The van der Waals surface area contributed by atoms with E-state index in [4.69, 9.17) is 4.74 Å². The maximum absolute atomic E-state index is 13.3.